The van der Waals surface area contributed by atoms with Gasteiger partial charge in [0.25, 0.3) is 0 Å². The summed E-state index contributed by atoms with van der Waals surface area (Å²) in [5.41, 5.74) is 8.83. The Hall–Kier alpha value is -2.84. The molecule has 1 aromatic heterocycles. The summed E-state index contributed by atoms with van der Waals surface area (Å²) in [4.78, 5) is 11.2. The molecular weight excluding hydrogens is 559 g/mol. The molecule has 0 radical (unpaired) electrons. The highest BCUT2D eigenvalue weighted by atomic mass is 35.5. The van der Waals surface area contributed by atoms with Crippen LogP contribution in [0.25, 0.3) is 11.3 Å². The fourth-order valence-corrected chi connectivity index (χ4v) is 4.79. The molecule has 2 heterocycles. The number of hydrogen-bond donors (Lipinski definition) is 1. The van der Waals surface area contributed by atoms with Gasteiger partial charge in [-0.2, -0.15) is 0 Å². The summed E-state index contributed by atoms with van der Waals surface area (Å²) in [5.74, 6) is -0.789. The number of fused-ring (bicyclic) bond motifs is 1. The lowest BCUT2D eigenvalue weighted by Crippen LogP contribution is -2.49. The molecule has 2 N–H and O–H groups in total. The molecule has 9 heteroatoms. The summed E-state index contributed by atoms with van der Waals surface area (Å²) >= 11 is 5.69. The first-order valence-corrected chi connectivity index (χ1v) is 15.0. The van der Waals surface area contributed by atoms with Crippen molar-refractivity contribution in [2.24, 2.45) is 16.6 Å². The van der Waals surface area contributed by atoms with Crippen molar-refractivity contribution < 1.29 is 13.2 Å². The Labute approximate surface area is 256 Å². The molecule has 1 aliphatic rings. The van der Waals surface area contributed by atoms with E-state index >= 15 is 0 Å². The minimum Gasteiger partial charge on any atom is -0.360 e. The number of aromatic nitrogens is 2. The normalized spacial score (nSPS) is 15.3. The summed E-state index contributed by atoms with van der Waals surface area (Å²) in [5, 5.41) is 0.581. The van der Waals surface area contributed by atoms with E-state index in [9.17, 15) is 13.2 Å². The number of allylic oxidation sites excluding steroid dienone is 2. The monoisotopic (exact) mass is 607 g/mol. The highest BCUT2D eigenvalue weighted by molar-refractivity contribution is 6.31. The van der Waals surface area contributed by atoms with Crippen molar-refractivity contribution in [3.8, 4) is 11.3 Å². The van der Waals surface area contributed by atoms with E-state index in [1.165, 1.54) is 6.07 Å². The topological polar surface area (TPSA) is 59.4 Å². The van der Waals surface area contributed by atoms with E-state index in [0.717, 1.165) is 42.0 Å². The number of nitrogens with zero attached hydrogens (tertiary/aromatic N) is 4. The van der Waals surface area contributed by atoms with Crippen LogP contribution in [-0.4, -0.2) is 33.3 Å². The van der Waals surface area contributed by atoms with Crippen LogP contribution in [-0.2, 0) is 18.8 Å². The first-order valence-electron chi connectivity index (χ1n) is 14.6. The van der Waals surface area contributed by atoms with Crippen LogP contribution < -0.4 is 5.73 Å². The number of rotatable bonds is 9. The van der Waals surface area contributed by atoms with Crippen molar-refractivity contribution in [1.82, 2.24) is 14.5 Å². The Morgan fingerprint density at radius 2 is 1.83 bits per heavy atom. The molecule has 0 saturated heterocycles. The predicted molar refractivity (Wildman–Crippen MR) is 172 cm³/mol. The maximum absolute atomic E-state index is 14.1. The molecule has 0 bridgehead atoms. The van der Waals surface area contributed by atoms with E-state index in [-0.39, 0.29) is 11.5 Å². The lowest BCUT2D eigenvalue weighted by molar-refractivity contribution is 0.116. The average Bonchev–Trinajstić information content (AvgIpc) is 3.39. The van der Waals surface area contributed by atoms with Crippen LogP contribution in [0.4, 0.5) is 13.2 Å². The van der Waals surface area contributed by atoms with E-state index in [1.54, 1.807) is 12.3 Å². The number of halogens is 4. The summed E-state index contributed by atoms with van der Waals surface area (Å²) in [6.45, 7) is 26.7. The van der Waals surface area contributed by atoms with Gasteiger partial charge in [-0.25, -0.2) is 18.2 Å². The van der Waals surface area contributed by atoms with Crippen LogP contribution >= 0.6 is 11.6 Å². The Morgan fingerprint density at radius 3 is 2.33 bits per heavy atom. The standard InChI is InChI=1S/C21H27F3N4.C10H16ClN.C2H6/c1-12(2)19-18(14-8-15(10-22)17(24)16(23)9-14)26-20-21(4,5)28(13(3)11-25)7-6-27(19)20;1-5-8(3)9(4)12-7-10(11)6-2;1-2/h8-9,12H,3,6-7,10-11,25H2,1-2,4-5H3;6-8H,2,5H2,1,3-4H3;1-2H3/b;10-7+,12-9?;. The summed E-state index contributed by atoms with van der Waals surface area (Å²) in [6, 6.07) is 2.44. The molecule has 3 rings (SSSR count). The van der Waals surface area contributed by atoms with E-state index in [1.807, 2.05) is 48.5 Å². The zero-order chi connectivity index (χ0) is 32.4. The Morgan fingerprint density at radius 1 is 1.21 bits per heavy atom. The molecule has 5 nitrogen and oxygen atoms in total. The molecule has 0 fully saturated rings. The van der Waals surface area contributed by atoms with Gasteiger partial charge in [-0.1, -0.05) is 66.3 Å². The van der Waals surface area contributed by atoms with E-state index < -0.39 is 23.8 Å². The van der Waals surface area contributed by atoms with Gasteiger partial charge in [0.1, 0.15) is 12.5 Å². The smallest absolute Gasteiger partial charge is 0.164 e. The van der Waals surface area contributed by atoms with Gasteiger partial charge in [-0.15, -0.1) is 0 Å². The van der Waals surface area contributed by atoms with Gasteiger partial charge in [0, 0.05) is 54.1 Å². The number of hydrogen-bond acceptors (Lipinski definition) is 4. The van der Waals surface area contributed by atoms with Crippen LogP contribution in [0.15, 0.2) is 53.3 Å². The van der Waals surface area contributed by atoms with Crippen molar-refractivity contribution >= 4 is 17.3 Å². The van der Waals surface area contributed by atoms with E-state index in [2.05, 4.69) is 41.5 Å². The molecule has 1 aromatic carbocycles. The fraction of sp³-hybridized carbons (Fsp3) is 0.515. The fourth-order valence-electron chi connectivity index (χ4n) is 4.74. The van der Waals surface area contributed by atoms with Crippen molar-refractivity contribution in [2.45, 2.75) is 93.4 Å². The lowest BCUT2D eigenvalue weighted by atomic mass is 9.97. The predicted octanol–water partition coefficient (Wildman–Crippen LogP) is 9.23. The highest BCUT2D eigenvalue weighted by Gasteiger charge is 2.39. The third kappa shape index (κ3) is 8.60. The van der Waals surface area contributed by atoms with Crippen LogP contribution in [0.3, 0.4) is 0 Å². The first kappa shape index (κ1) is 37.2. The molecule has 234 valence electrons. The molecule has 2 aromatic rings. The van der Waals surface area contributed by atoms with Crippen LogP contribution in [0.1, 0.15) is 91.7 Å². The Kier molecular flexibility index (Phi) is 14.8. The molecule has 1 atom stereocenters. The summed E-state index contributed by atoms with van der Waals surface area (Å²) in [7, 11) is 0. The number of nitrogens with two attached hydrogens (primary N) is 1. The largest absolute Gasteiger partial charge is 0.360 e. The van der Waals surface area contributed by atoms with Gasteiger partial charge in [0.05, 0.1) is 16.3 Å². The molecule has 0 saturated carbocycles. The molecule has 1 aliphatic heterocycles. The summed E-state index contributed by atoms with van der Waals surface area (Å²) in [6.07, 6.45) is 4.32. The first-order chi connectivity index (χ1) is 19.7. The number of alkyl halides is 1. The average molecular weight is 608 g/mol. The van der Waals surface area contributed by atoms with Crippen molar-refractivity contribution in [1.29, 1.82) is 0 Å². The third-order valence-electron chi connectivity index (χ3n) is 7.37. The maximum atomic E-state index is 14.1. The van der Waals surface area contributed by atoms with Crippen molar-refractivity contribution in [3.05, 3.63) is 77.0 Å². The second-order valence-electron chi connectivity index (χ2n) is 10.8. The lowest BCUT2D eigenvalue weighted by Gasteiger charge is -2.45. The van der Waals surface area contributed by atoms with Crippen LogP contribution in [0.2, 0.25) is 0 Å². The second-order valence-corrected chi connectivity index (χ2v) is 11.3. The van der Waals surface area contributed by atoms with Gasteiger partial charge in [-0.05, 0) is 57.2 Å². The SMILES string of the molecule is C=C(CN)N1CCn2c(nc(-c3cc(F)c(F)c(CF)c3)c2C(C)C)C1(C)C.C=C/C(Cl)=C\N=C(C)C(C)CC.CC. The quantitative estimate of drug-likeness (QED) is 0.228. The number of imidazole rings is 1. The summed E-state index contributed by atoms with van der Waals surface area (Å²) < 4.78 is 43.2. The maximum Gasteiger partial charge on any atom is 0.164 e. The minimum atomic E-state index is -1.15. The number of aliphatic imine (C=N–C) groups is 1. The zero-order valence-corrected chi connectivity index (χ0v) is 27.5. The molecule has 42 heavy (non-hydrogen) atoms. The molecule has 0 aliphatic carbocycles. The van der Waals surface area contributed by atoms with Crippen molar-refractivity contribution in [2.75, 3.05) is 13.1 Å². The van der Waals surface area contributed by atoms with Crippen LogP contribution in [0, 0.1) is 17.6 Å². The van der Waals surface area contributed by atoms with Crippen LogP contribution in [0.5, 0.6) is 0 Å². The second kappa shape index (κ2) is 16.7. The van der Waals surface area contributed by atoms with Gasteiger partial charge in [0.2, 0.25) is 0 Å². The highest BCUT2D eigenvalue weighted by Crippen LogP contribution is 2.40. The minimum absolute atomic E-state index is 0.0956. The Balaban J connectivity index is 0.000000532. The zero-order valence-electron chi connectivity index (χ0n) is 26.8. The molecule has 0 amide bonds. The van der Waals surface area contributed by atoms with Gasteiger partial charge in [0.15, 0.2) is 11.6 Å². The Bertz CT molecular complexity index is 1280. The molecule has 1 unspecified atom stereocenters. The molecular formula is C33H49ClF3N5. The van der Waals surface area contributed by atoms with Crippen molar-refractivity contribution in [3.63, 3.8) is 0 Å². The number of benzene rings is 1. The molecule has 0 spiro atoms. The van der Waals surface area contributed by atoms with E-state index in [0.29, 0.717) is 35.3 Å². The van der Waals surface area contributed by atoms with Gasteiger partial charge >= 0.3 is 0 Å². The van der Waals surface area contributed by atoms with E-state index in [4.69, 9.17) is 22.3 Å². The third-order valence-corrected chi connectivity index (χ3v) is 7.63. The van der Waals surface area contributed by atoms with Gasteiger partial charge < -0.3 is 15.2 Å². The van der Waals surface area contributed by atoms with Gasteiger partial charge in [-0.3, -0.25) is 4.99 Å².